The van der Waals surface area contributed by atoms with Crippen molar-refractivity contribution in [2.24, 2.45) is 0 Å². The Labute approximate surface area is 191 Å². The summed E-state index contributed by atoms with van der Waals surface area (Å²) in [6.45, 7) is 2.99. The number of hydrogen-bond donors (Lipinski definition) is 1. The predicted molar refractivity (Wildman–Crippen MR) is 122 cm³/mol. The zero-order valence-corrected chi connectivity index (χ0v) is 19.6. The van der Waals surface area contributed by atoms with Gasteiger partial charge in [0.1, 0.15) is 16.7 Å². The van der Waals surface area contributed by atoms with E-state index in [4.69, 9.17) is 18.5 Å². The molecule has 0 radical (unpaired) electrons. The molecule has 0 bridgehead atoms. The van der Waals surface area contributed by atoms with Gasteiger partial charge in [-0.3, -0.25) is 9.59 Å². The number of benzene rings is 2. The highest BCUT2D eigenvalue weighted by Gasteiger charge is 2.54. The van der Waals surface area contributed by atoms with Crippen LogP contribution in [0.15, 0.2) is 60.7 Å². The number of rotatable bonds is 13. The van der Waals surface area contributed by atoms with Gasteiger partial charge in [0.05, 0.1) is 19.8 Å². The van der Waals surface area contributed by atoms with E-state index in [1.165, 1.54) is 0 Å². The molecule has 0 aliphatic heterocycles. The van der Waals surface area contributed by atoms with E-state index in [2.05, 4.69) is 0 Å². The number of thioether (sulfide) groups is 1. The third-order valence-electron chi connectivity index (χ3n) is 4.01. The molecule has 2 aromatic rings. The molecule has 2 aromatic carbocycles. The Morgan fingerprint density at radius 3 is 1.78 bits per heavy atom. The molecule has 0 aromatic heterocycles. The molecule has 32 heavy (non-hydrogen) atoms. The van der Waals surface area contributed by atoms with Gasteiger partial charge in [0.15, 0.2) is 0 Å². The first-order chi connectivity index (χ1) is 15.4. The lowest BCUT2D eigenvalue weighted by Crippen LogP contribution is -2.42. The summed E-state index contributed by atoms with van der Waals surface area (Å²) in [6.07, 6.45) is 0. The summed E-state index contributed by atoms with van der Waals surface area (Å²) in [5, 5.41) is 8.01. The Morgan fingerprint density at radius 1 is 0.875 bits per heavy atom. The lowest BCUT2D eigenvalue weighted by atomic mass is 10.3. The van der Waals surface area contributed by atoms with Crippen LogP contribution in [-0.2, 0) is 23.6 Å². The number of aliphatic hydroxyl groups is 1. The summed E-state index contributed by atoms with van der Waals surface area (Å²) in [5.74, 6) is -1.23. The Bertz CT molecular complexity index is 848. The fourth-order valence-corrected chi connectivity index (χ4v) is 6.17. The summed E-state index contributed by atoms with van der Waals surface area (Å²) in [7, 11) is -4.41. The van der Waals surface area contributed by atoms with Gasteiger partial charge in [-0.2, -0.15) is 0 Å². The average molecular weight is 482 g/mol. The molecule has 0 heterocycles. The van der Waals surface area contributed by atoms with E-state index in [1.807, 2.05) is 0 Å². The van der Waals surface area contributed by atoms with E-state index in [-0.39, 0.29) is 37.1 Å². The quantitative estimate of drug-likeness (QED) is 0.336. The van der Waals surface area contributed by atoms with Crippen molar-refractivity contribution >= 4 is 31.3 Å². The van der Waals surface area contributed by atoms with Crippen molar-refractivity contribution < 1.29 is 37.8 Å². The maximum absolute atomic E-state index is 14.3. The number of carbonyl (C=O) groups is 2. The first-order valence-electron chi connectivity index (χ1n) is 10.1. The van der Waals surface area contributed by atoms with E-state index < -0.39 is 30.4 Å². The lowest BCUT2D eigenvalue weighted by Gasteiger charge is -2.30. The van der Waals surface area contributed by atoms with Crippen LogP contribution in [0.5, 0.6) is 11.5 Å². The summed E-state index contributed by atoms with van der Waals surface area (Å²) in [6, 6.07) is 16.4. The second-order valence-corrected chi connectivity index (χ2v) is 9.56. The summed E-state index contributed by atoms with van der Waals surface area (Å²) in [4.78, 5) is 25.8. The van der Waals surface area contributed by atoms with Gasteiger partial charge in [-0.1, -0.05) is 36.4 Å². The van der Waals surface area contributed by atoms with Crippen LogP contribution in [0.2, 0.25) is 0 Å². The first kappa shape index (κ1) is 25.8. The van der Waals surface area contributed by atoms with Crippen LogP contribution in [0.3, 0.4) is 0 Å². The maximum Gasteiger partial charge on any atom is 0.446 e. The van der Waals surface area contributed by atoms with Crippen LogP contribution in [0.25, 0.3) is 0 Å². The zero-order chi connectivity index (χ0) is 23.4. The minimum Gasteiger partial charge on any atom is -0.465 e. The summed E-state index contributed by atoms with van der Waals surface area (Å²) >= 11 is 0.922. The van der Waals surface area contributed by atoms with E-state index >= 15 is 0 Å². The van der Waals surface area contributed by atoms with Gasteiger partial charge in [0.2, 0.25) is 5.66 Å². The highest BCUT2D eigenvalue weighted by molar-refractivity contribution is 8.01. The topological polar surface area (TPSA) is 108 Å². The number of para-hydroxylation sites is 2. The molecule has 0 amide bonds. The van der Waals surface area contributed by atoms with Gasteiger partial charge in [-0.15, -0.1) is 11.8 Å². The molecule has 1 N–H and O–H groups in total. The lowest BCUT2D eigenvalue weighted by molar-refractivity contribution is -0.149. The van der Waals surface area contributed by atoms with Crippen LogP contribution in [0.1, 0.15) is 13.8 Å². The van der Waals surface area contributed by atoms with Crippen molar-refractivity contribution in [3.63, 3.8) is 0 Å². The number of carbonyl (C=O) groups excluding carboxylic acids is 2. The second-order valence-electron chi connectivity index (χ2n) is 6.31. The van der Waals surface area contributed by atoms with Gasteiger partial charge in [0, 0.05) is 5.75 Å². The van der Waals surface area contributed by atoms with E-state index in [0.29, 0.717) is 0 Å². The van der Waals surface area contributed by atoms with Crippen molar-refractivity contribution in [3.8, 4) is 11.5 Å². The van der Waals surface area contributed by atoms with Crippen LogP contribution in [0.4, 0.5) is 0 Å². The highest BCUT2D eigenvalue weighted by Crippen LogP contribution is 2.56. The molecule has 0 fully saturated rings. The monoisotopic (exact) mass is 482 g/mol. The van der Waals surface area contributed by atoms with Crippen LogP contribution < -0.4 is 9.05 Å². The molecule has 0 saturated heterocycles. The molecule has 2 rings (SSSR count). The standard InChI is InChI=1S/C22H27O8PS/c1-3-27-21(24)19(20(32-16-15-23)22(25)28-4-2)31(26,29-17-11-7-5-8-12-17)30-18-13-9-6-10-14-18/h5-14,19-20,23H,3-4,15-16H2,1-2H3/t19-,20+/m0/s1. The number of aliphatic hydroxyl groups excluding tert-OH is 1. The van der Waals surface area contributed by atoms with Crippen molar-refractivity contribution in [1.29, 1.82) is 0 Å². The second kappa shape index (κ2) is 13.2. The predicted octanol–water partition coefficient (Wildman–Crippen LogP) is 3.93. The van der Waals surface area contributed by atoms with E-state index in [0.717, 1.165) is 11.8 Å². The fourth-order valence-electron chi connectivity index (χ4n) is 2.73. The summed E-state index contributed by atoms with van der Waals surface area (Å²) in [5.41, 5.74) is -1.64. The average Bonchev–Trinajstić information content (AvgIpc) is 2.78. The molecule has 10 heteroatoms. The molecule has 8 nitrogen and oxygen atoms in total. The van der Waals surface area contributed by atoms with Crippen molar-refractivity contribution in [2.45, 2.75) is 24.8 Å². The minimum absolute atomic E-state index is 0.00772. The molecule has 0 aliphatic carbocycles. The molecule has 0 saturated carbocycles. The van der Waals surface area contributed by atoms with E-state index in [1.54, 1.807) is 74.5 Å². The third kappa shape index (κ3) is 7.29. The molecule has 174 valence electrons. The zero-order valence-electron chi connectivity index (χ0n) is 17.9. The molecule has 0 spiro atoms. The smallest absolute Gasteiger partial charge is 0.446 e. The normalized spacial score (nSPS) is 13.0. The van der Waals surface area contributed by atoms with Gasteiger partial charge < -0.3 is 23.6 Å². The first-order valence-corrected chi connectivity index (χ1v) is 12.8. The van der Waals surface area contributed by atoms with E-state index in [9.17, 15) is 19.3 Å². The molecular formula is C22H27O8PS. The van der Waals surface area contributed by atoms with Gasteiger partial charge in [0.25, 0.3) is 0 Å². The fraction of sp³-hybridized carbons (Fsp3) is 0.364. The van der Waals surface area contributed by atoms with Crippen LogP contribution in [0, 0.1) is 0 Å². The maximum atomic E-state index is 14.3. The highest BCUT2D eigenvalue weighted by atomic mass is 32.2. The van der Waals surface area contributed by atoms with Crippen LogP contribution >= 0.6 is 19.4 Å². The van der Waals surface area contributed by atoms with Gasteiger partial charge in [-0.25, -0.2) is 4.57 Å². The van der Waals surface area contributed by atoms with Gasteiger partial charge in [-0.05, 0) is 38.1 Å². The minimum atomic E-state index is -4.41. The molecule has 2 atom stereocenters. The summed E-state index contributed by atoms with van der Waals surface area (Å²) < 4.78 is 36.1. The number of esters is 2. The van der Waals surface area contributed by atoms with Crippen LogP contribution in [-0.4, -0.2) is 53.5 Å². The van der Waals surface area contributed by atoms with Crippen molar-refractivity contribution in [3.05, 3.63) is 60.7 Å². The SMILES string of the molecule is CCOC(=O)[C@H]([C@@H](SCCO)C(=O)OCC)P(=O)(Oc1ccccc1)Oc1ccccc1. The number of ether oxygens (including phenoxy) is 2. The van der Waals surface area contributed by atoms with Gasteiger partial charge >= 0.3 is 19.5 Å². The Morgan fingerprint density at radius 2 is 1.34 bits per heavy atom. The third-order valence-corrected chi connectivity index (χ3v) is 7.58. The van der Waals surface area contributed by atoms with Crippen molar-refractivity contribution in [2.75, 3.05) is 25.6 Å². The number of hydrogen-bond acceptors (Lipinski definition) is 9. The Kier molecular flexibility index (Phi) is 10.6. The van der Waals surface area contributed by atoms with Crippen molar-refractivity contribution in [1.82, 2.24) is 0 Å². The largest absolute Gasteiger partial charge is 0.465 e. The molecule has 0 aliphatic rings. The Balaban J connectivity index is 2.58. The molecule has 0 unspecified atom stereocenters. The molecular weight excluding hydrogens is 455 g/mol. The Hall–Kier alpha value is -2.48.